The molecule has 0 spiro atoms. The first-order valence-electron chi connectivity index (χ1n) is 5.95. The molecular formula is C11H19NO7. The summed E-state index contributed by atoms with van der Waals surface area (Å²) in [5, 5.41) is 56.1. The van der Waals surface area contributed by atoms with E-state index in [9.17, 15) is 20.4 Å². The zero-order valence-electron chi connectivity index (χ0n) is 10.5. The van der Waals surface area contributed by atoms with Crippen molar-refractivity contribution in [3.63, 3.8) is 0 Å². The van der Waals surface area contributed by atoms with Crippen LogP contribution in [0.25, 0.3) is 0 Å². The van der Waals surface area contributed by atoms with Gasteiger partial charge in [0.25, 0.3) is 0 Å². The van der Waals surface area contributed by atoms with Gasteiger partial charge in [-0.3, -0.25) is 0 Å². The quantitative estimate of drug-likeness (QED) is 0.370. The summed E-state index contributed by atoms with van der Waals surface area (Å²) in [4.78, 5) is 0. The maximum absolute atomic E-state index is 9.74. The molecule has 110 valence electrons. The van der Waals surface area contributed by atoms with Crippen LogP contribution in [0.3, 0.4) is 0 Å². The van der Waals surface area contributed by atoms with E-state index in [4.69, 9.17) is 19.8 Å². The average Bonchev–Trinajstić information content (AvgIpc) is 2.45. The Morgan fingerprint density at radius 3 is 2.26 bits per heavy atom. The molecule has 0 radical (unpaired) electrons. The summed E-state index contributed by atoms with van der Waals surface area (Å²) in [6.45, 7) is 0.397. The molecule has 0 aromatic carbocycles. The van der Waals surface area contributed by atoms with E-state index in [2.05, 4.69) is 0 Å². The molecule has 1 heterocycles. The molecule has 1 rings (SSSR count). The monoisotopic (exact) mass is 277 g/mol. The molecular weight excluding hydrogens is 258 g/mol. The van der Waals surface area contributed by atoms with Crippen LogP contribution in [0.15, 0.2) is 0 Å². The van der Waals surface area contributed by atoms with Gasteiger partial charge in [-0.25, -0.2) is 0 Å². The van der Waals surface area contributed by atoms with E-state index >= 15 is 0 Å². The van der Waals surface area contributed by atoms with E-state index in [1.165, 1.54) is 0 Å². The van der Waals surface area contributed by atoms with E-state index in [0.29, 0.717) is 0 Å². The third-order valence-corrected chi connectivity index (χ3v) is 3.22. The standard InChI is InChI=1S/C11H19NO7/c1-2-11(4-12,5-14)19-10-9(17)8(16)7(15)6(3-13)18-10/h6-10,13-17H,2-3,5H2,1H3/t6-,7-,8+,9-,10+,11-/m1/s1. The average molecular weight is 277 g/mol. The van der Waals surface area contributed by atoms with E-state index in [-0.39, 0.29) is 6.42 Å². The van der Waals surface area contributed by atoms with Crippen molar-refractivity contribution in [1.82, 2.24) is 0 Å². The molecule has 1 aliphatic rings. The second kappa shape index (κ2) is 6.58. The van der Waals surface area contributed by atoms with Crippen molar-refractivity contribution in [1.29, 1.82) is 5.26 Å². The van der Waals surface area contributed by atoms with Crippen molar-refractivity contribution >= 4 is 0 Å². The number of aliphatic hydroxyl groups excluding tert-OH is 5. The van der Waals surface area contributed by atoms with Gasteiger partial charge >= 0.3 is 0 Å². The smallest absolute Gasteiger partial charge is 0.188 e. The molecule has 8 nitrogen and oxygen atoms in total. The molecule has 1 saturated heterocycles. The molecule has 0 aliphatic carbocycles. The zero-order valence-corrected chi connectivity index (χ0v) is 10.5. The van der Waals surface area contributed by atoms with Gasteiger partial charge in [-0.2, -0.15) is 5.26 Å². The Hall–Kier alpha value is -0.790. The second-order valence-corrected chi connectivity index (χ2v) is 4.43. The molecule has 0 aromatic rings. The maximum atomic E-state index is 9.74. The number of aliphatic hydroxyl groups is 5. The van der Waals surface area contributed by atoms with Gasteiger partial charge < -0.3 is 35.0 Å². The zero-order chi connectivity index (χ0) is 14.6. The highest BCUT2D eigenvalue weighted by molar-refractivity contribution is 5.02. The molecule has 0 bridgehead atoms. The molecule has 6 atom stereocenters. The highest BCUT2D eigenvalue weighted by atomic mass is 16.7. The fourth-order valence-electron chi connectivity index (χ4n) is 1.76. The summed E-state index contributed by atoms with van der Waals surface area (Å²) >= 11 is 0. The molecule has 5 N–H and O–H groups in total. The van der Waals surface area contributed by atoms with E-state index in [1.807, 2.05) is 0 Å². The van der Waals surface area contributed by atoms with Crippen molar-refractivity contribution in [2.75, 3.05) is 13.2 Å². The number of rotatable bonds is 5. The Kier molecular flexibility index (Phi) is 5.64. The van der Waals surface area contributed by atoms with Gasteiger partial charge in [-0.05, 0) is 6.42 Å². The van der Waals surface area contributed by atoms with Crippen molar-refractivity contribution in [2.24, 2.45) is 0 Å². The molecule has 1 fully saturated rings. The van der Waals surface area contributed by atoms with Crippen LogP contribution in [0.4, 0.5) is 0 Å². The van der Waals surface area contributed by atoms with Gasteiger partial charge in [0.15, 0.2) is 11.9 Å². The molecule has 1 aliphatic heterocycles. The summed E-state index contributed by atoms with van der Waals surface area (Å²) in [7, 11) is 0. The Labute approximate surface area is 110 Å². The topological polar surface area (TPSA) is 143 Å². The van der Waals surface area contributed by atoms with Gasteiger partial charge in [0.2, 0.25) is 0 Å². The third kappa shape index (κ3) is 3.21. The summed E-state index contributed by atoms with van der Waals surface area (Å²) in [6, 6.07) is 1.77. The first-order chi connectivity index (χ1) is 8.94. The third-order valence-electron chi connectivity index (χ3n) is 3.22. The first kappa shape index (κ1) is 16.3. The number of hydrogen-bond acceptors (Lipinski definition) is 8. The van der Waals surface area contributed by atoms with Gasteiger partial charge in [0.1, 0.15) is 30.5 Å². The predicted molar refractivity (Wildman–Crippen MR) is 60.6 cm³/mol. The lowest BCUT2D eigenvalue weighted by Gasteiger charge is -2.42. The van der Waals surface area contributed by atoms with Crippen molar-refractivity contribution in [3.05, 3.63) is 0 Å². The lowest BCUT2D eigenvalue weighted by Crippen LogP contribution is -2.61. The lowest BCUT2D eigenvalue weighted by atomic mass is 9.98. The minimum absolute atomic E-state index is 0.134. The van der Waals surface area contributed by atoms with Crippen LogP contribution in [-0.2, 0) is 9.47 Å². The molecule has 0 amide bonds. The number of hydrogen-bond donors (Lipinski definition) is 5. The van der Waals surface area contributed by atoms with E-state index in [0.717, 1.165) is 0 Å². The Morgan fingerprint density at radius 2 is 1.84 bits per heavy atom. The Balaban J connectivity index is 2.85. The SMILES string of the molecule is CC[C@@](C#N)(CO)O[C@@H]1O[C@H](CO)[C@@H](O)[C@H](O)[C@H]1O. The van der Waals surface area contributed by atoms with E-state index in [1.54, 1.807) is 13.0 Å². The van der Waals surface area contributed by atoms with Crippen LogP contribution < -0.4 is 0 Å². The minimum Gasteiger partial charge on any atom is -0.394 e. The summed E-state index contributed by atoms with van der Waals surface area (Å²) in [6.07, 6.45) is -7.08. The molecule has 19 heavy (non-hydrogen) atoms. The van der Waals surface area contributed by atoms with Crippen LogP contribution in [0.2, 0.25) is 0 Å². The highest BCUT2D eigenvalue weighted by Gasteiger charge is 2.47. The fourth-order valence-corrected chi connectivity index (χ4v) is 1.76. The Bertz CT molecular complexity index is 325. The van der Waals surface area contributed by atoms with Crippen molar-refractivity contribution in [2.45, 2.75) is 49.7 Å². The first-order valence-corrected chi connectivity index (χ1v) is 5.95. The lowest BCUT2D eigenvalue weighted by molar-refractivity contribution is -0.322. The predicted octanol–water partition coefficient (Wildman–Crippen LogP) is -2.53. The summed E-state index contributed by atoms with van der Waals surface area (Å²) in [5.41, 5.74) is -1.58. The van der Waals surface area contributed by atoms with Gasteiger partial charge in [0.05, 0.1) is 13.2 Å². The molecule has 8 heteroatoms. The highest BCUT2D eigenvalue weighted by Crippen LogP contribution is 2.26. The minimum atomic E-state index is -1.59. The number of nitrogens with zero attached hydrogens (tertiary/aromatic N) is 1. The van der Waals surface area contributed by atoms with E-state index < -0.39 is 49.5 Å². The van der Waals surface area contributed by atoms with Crippen molar-refractivity contribution < 1.29 is 35.0 Å². The Morgan fingerprint density at radius 1 is 1.21 bits per heavy atom. The van der Waals surface area contributed by atoms with Crippen LogP contribution in [0.5, 0.6) is 0 Å². The maximum Gasteiger partial charge on any atom is 0.188 e. The normalized spacial score (nSPS) is 38.5. The van der Waals surface area contributed by atoms with Crippen LogP contribution >= 0.6 is 0 Å². The number of nitriles is 1. The number of ether oxygens (including phenoxy) is 2. The largest absolute Gasteiger partial charge is 0.394 e. The van der Waals surface area contributed by atoms with Crippen LogP contribution in [-0.4, -0.2) is 75.1 Å². The van der Waals surface area contributed by atoms with Crippen LogP contribution in [0, 0.1) is 11.3 Å². The second-order valence-electron chi connectivity index (χ2n) is 4.43. The summed E-state index contributed by atoms with van der Waals surface area (Å²) < 4.78 is 10.3. The van der Waals surface area contributed by atoms with Gasteiger partial charge in [0, 0.05) is 0 Å². The van der Waals surface area contributed by atoms with Crippen LogP contribution in [0.1, 0.15) is 13.3 Å². The molecule has 0 unspecified atom stereocenters. The fraction of sp³-hybridized carbons (Fsp3) is 0.909. The van der Waals surface area contributed by atoms with Gasteiger partial charge in [-0.1, -0.05) is 6.92 Å². The molecule has 0 saturated carbocycles. The summed E-state index contributed by atoms with van der Waals surface area (Å²) in [5.74, 6) is 0. The van der Waals surface area contributed by atoms with Gasteiger partial charge in [-0.15, -0.1) is 0 Å². The molecule has 0 aromatic heterocycles. The van der Waals surface area contributed by atoms with Crippen molar-refractivity contribution in [3.8, 4) is 6.07 Å².